The van der Waals surface area contributed by atoms with E-state index >= 15 is 0 Å². The highest BCUT2D eigenvalue weighted by molar-refractivity contribution is 5.13. The molecule has 1 aromatic rings. The molecule has 2 aliphatic heterocycles. The second-order valence-electron chi connectivity index (χ2n) is 5.26. The van der Waals surface area contributed by atoms with Crippen LogP contribution < -0.4 is 5.32 Å². The van der Waals surface area contributed by atoms with Gasteiger partial charge in [-0.2, -0.15) is 0 Å². The largest absolute Gasteiger partial charge is 0.372 e. The van der Waals surface area contributed by atoms with Gasteiger partial charge in [-0.25, -0.2) is 0 Å². The molecule has 0 saturated carbocycles. The number of ether oxygens (including phenoxy) is 2. The van der Waals surface area contributed by atoms with Crippen molar-refractivity contribution in [1.82, 2.24) is 5.32 Å². The van der Waals surface area contributed by atoms with E-state index in [-0.39, 0.29) is 11.7 Å². The lowest BCUT2D eigenvalue weighted by molar-refractivity contribution is -0.137. The smallest absolute Gasteiger partial charge is 0.0993 e. The van der Waals surface area contributed by atoms with Crippen molar-refractivity contribution in [2.75, 3.05) is 19.7 Å². The van der Waals surface area contributed by atoms with E-state index in [9.17, 15) is 0 Å². The Hall–Kier alpha value is -0.900. The van der Waals surface area contributed by atoms with Crippen LogP contribution >= 0.6 is 0 Å². The minimum absolute atomic E-state index is 0.0139. The second kappa shape index (κ2) is 5.39. The number of hydrogen-bond acceptors (Lipinski definition) is 3. The molecular weight excluding hydrogens is 226 g/mol. The monoisotopic (exact) mass is 247 g/mol. The van der Waals surface area contributed by atoms with Gasteiger partial charge in [0.05, 0.1) is 18.3 Å². The molecule has 98 valence electrons. The van der Waals surface area contributed by atoms with Gasteiger partial charge in [-0.15, -0.1) is 0 Å². The Kier molecular flexibility index (Phi) is 3.64. The van der Waals surface area contributed by atoms with Gasteiger partial charge in [-0.3, -0.25) is 0 Å². The van der Waals surface area contributed by atoms with Crippen LogP contribution in [0.5, 0.6) is 0 Å². The summed E-state index contributed by atoms with van der Waals surface area (Å²) in [6.07, 6.45) is 3.58. The van der Waals surface area contributed by atoms with E-state index in [0.717, 1.165) is 32.5 Å². The molecule has 1 N–H and O–H groups in total. The first-order valence-electron chi connectivity index (χ1n) is 6.89. The maximum Gasteiger partial charge on any atom is 0.0993 e. The maximum atomic E-state index is 6.12. The van der Waals surface area contributed by atoms with E-state index in [0.29, 0.717) is 6.61 Å². The summed E-state index contributed by atoms with van der Waals surface area (Å²) in [6, 6.07) is 10.4. The molecule has 2 saturated heterocycles. The van der Waals surface area contributed by atoms with Crippen LogP contribution in [0.4, 0.5) is 0 Å². The first kappa shape index (κ1) is 12.2. The van der Waals surface area contributed by atoms with E-state index in [1.807, 2.05) is 6.07 Å². The average Bonchev–Trinajstić information content (AvgIpc) is 2.88. The zero-order valence-electron chi connectivity index (χ0n) is 10.7. The predicted octanol–water partition coefficient (Wildman–Crippen LogP) is 2.11. The van der Waals surface area contributed by atoms with Crippen LogP contribution in [-0.2, 0) is 16.1 Å². The number of piperidine rings is 1. The number of benzene rings is 1. The fourth-order valence-corrected chi connectivity index (χ4v) is 3.03. The predicted molar refractivity (Wildman–Crippen MR) is 70.4 cm³/mol. The third-order valence-electron chi connectivity index (χ3n) is 4.07. The Morgan fingerprint density at radius 1 is 1.28 bits per heavy atom. The van der Waals surface area contributed by atoms with Crippen molar-refractivity contribution in [3.05, 3.63) is 35.9 Å². The van der Waals surface area contributed by atoms with Crippen LogP contribution in [0.3, 0.4) is 0 Å². The van der Waals surface area contributed by atoms with Crippen molar-refractivity contribution >= 4 is 0 Å². The molecule has 18 heavy (non-hydrogen) atoms. The molecule has 0 aromatic heterocycles. The zero-order chi connectivity index (χ0) is 12.3. The van der Waals surface area contributed by atoms with E-state index < -0.39 is 0 Å². The fraction of sp³-hybridized carbons (Fsp3) is 0.600. The van der Waals surface area contributed by atoms with Gasteiger partial charge in [0, 0.05) is 13.2 Å². The zero-order valence-corrected chi connectivity index (χ0v) is 10.7. The van der Waals surface area contributed by atoms with Crippen LogP contribution in [0.25, 0.3) is 0 Å². The Morgan fingerprint density at radius 2 is 2.17 bits per heavy atom. The molecule has 3 heteroatoms. The normalized spacial score (nSPS) is 31.9. The van der Waals surface area contributed by atoms with Gasteiger partial charge in [0.15, 0.2) is 0 Å². The van der Waals surface area contributed by atoms with Gasteiger partial charge in [-0.1, -0.05) is 30.3 Å². The van der Waals surface area contributed by atoms with Crippen molar-refractivity contribution in [2.45, 2.75) is 37.6 Å². The minimum Gasteiger partial charge on any atom is -0.372 e. The third kappa shape index (κ3) is 2.44. The molecule has 3 rings (SSSR count). The molecule has 2 aliphatic rings. The SMILES string of the molecule is c1ccc(CO[C@H]2CNCC[C@]23CCCO3)cc1. The van der Waals surface area contributed by atoms with Crippen LogP contribution in [0.2, 0.25) is 0 Å². The molecule has 0 radical (unpaired) electrons. The van der Waals surface area contributed by atoms with Gasteiger partial charge in [0.2, 0.25) is 0 Å². The standard InChI is InChI=1S/C15H21NO2/c1-2-5-13(6-3-1)12-17-14-11-16-9-8-15(14)7-4-10-18-15/h1-3,5-6,14,16H,4,7-12H2/t14-,15+/m0/s1. The molecule has 2 heterocycles. The first-order chi connectivity index (χ1) is 8.89. The van der Waals surface area contributed by atoms with Crippen LogP contribution in [-0.4, -0.2) is 31.4 Å². The van der Waals surface area contributed by atoms with Crippen LogP contribution in [0.1, 0.15) is 24.8 Å². The average molecular weight is 247 g/mol. The molecule has 0 bridgehead atoms. The van der Waals surface area contributed by atoms with E-state index in [1.54, 1.807) is 0 Å². The van der Waals surface area contributed by atoms with Gasteiger partial charge < -0.3 is 14.8 Å². The molecule has 0 amide bonds. The molecule has 0 unspecified atom stereocenters. The highest BCUT2D eigenvalue weighted by Gasteiger charge is 2.45. The fourth-order valence-electron chi connectivity index (χ4n) is 3.03. The quantitative estimate of drug-likeness (QED) is 0.887. The Bertz CT molecular complexity index is 373. The summed E-state index contributed by atoms with van der Waals surface area (Å²) in [7, 11) is 0. The van der Waals surface area contributed by atoms with Gasteiger partial charge in [0.1, 0.15) is 0 Å². The molecule has 2 atom stereocenters. The van der Waals surface area contributed by atoms with Crippen molar-refractivity contribution in [2.24, 2.45) is 0 Å². The molecule has 1 spiro atoms. The molecule has 3 nitrogen and oxygen atoms in total. The number of hydrogen-bond donors (Lipinski definition) is 1. The third-order valence-corrected chi connectivity index (χ3v) is 4.07. The summed E-state index contributed by atoms with van der Waals surface area (Å²) in [5.41, 5.74) is 1.22. The molecular formula is C15H21NO2. The summed E-state index contributed by atoms with van der Waals surface area (Å²) in [5, 5.41) is 3.42. The summed E-state index contributed by atoms with van der Waals surface area (Å²) >= 11 is 0. The van der Waals surface area contributed by atoms with Crippen molar-refractivity contribution < 1.29 is 9.47 Å². The minimum atomic E-state index is -0.0139. The first-order valence-corrected chi connectivity index (χ1v) is 6.89. The second-order valence-corrected chi connectivity index (χ2v) is 5.26. The Morgan fingerprint density at radius 3 is 2.94 bits per heavy atom. The summed E-state index contributed by atoms with van der Waals surface area (Å²) in [6.45, 7) is 3.53. The Balaban J connectivity index is 1.63. The molecule has 0 aliphatic carbocycles. The summed E-state index contributed by atoms with van der Waals surface area (Å²) in [5.74, 6) is 0. The number of nitrogens with one attached hydrogen (secondary N) is 1. The number of rotatable bonds is 3. The van der Waals surface area contributed by atoms with E-state index in [4.69, 9.17) is 9.47 Å². The van der Waals surface area contributed by atoms with Crippen LogP contribution in [0, 0.1) is 0 Å². The van der Waals surface area contributed by atoms with Gasteiger partial charge in [0.25, 0.3) is 0 Å². The lowest BCUT2D eigenvalue weighted by atomic mass is 9.86. The lowest BCUT2D eigenvalue weighted by Crippen LogP contribution is -2.54. The van der Waals surface area contributed by atoms with E-state index in [2.05, 4.69) is 29.6 Å². The topological polar surface area (TPSA) is 30.5 Å². The van der Waals surface area contributed by atoms with E-state index in [1.165, 1.54) is 12.0 Å². The summed E-state index contributed by atoms with van der Waals surface area (Å²) < 4.78 is 12.1. The molecule has 1 aromatic carbocycles. The molecule has 2 fully saturated rings. The van der Waals surface area contributed by atoms with Gasteiger partial charge >= 0.3 is 0 Å². The lowest BCUT2D eigenvalue weighted by Gasteiger charge is -2.40. The highest BCUT2D eigenvalue weighted by Crippen LogP contribution is 2.35. The van der Waals surface area contributed by atoms with Crippen molar-refractivity contribution in [1.29, 1.82) is 0 Å². The summed E-state index contributed by atoms with van der Waals surface area (Å²) in [4.78, 5) is 0. The van der Waals surface area contributed by atoms with Gasteiger partial charge in [-0.05, 0) is 31.4 Å². The van der Waals surface area contributed by atoms with Crippen molar-refractivity contribution in [3.8, 4) is 0 Å². The maximum absolute atomic E-state index is 6.12. The Labute approximate surface area is 108 Å². The van der Waals surface area contributed by atoms with Crippen LogP contribution in [0.15, 0.2) is 30.3 Å². The van der Waals surface area contributed by atoms with Crippen molar-refractivity contribution in [3.63, 3.8) is 0 Å². The highest BCUT2D eigenvalue weighted by atomic mass is 16.6.